The zero-order valence-electron chi connectivity index (χ0n) is 8.84. The van der Waals surface area contributed by atoms with E-state index >= 15 is 0 Å². The number of rotatable bonds is 3. The first kappa shape index (κ1) is 13.4. The fourth-order valence-corrected chi connectivity index (χ4v) is 6.09. The van der Waals surface area contributed by atoms with Gasteiger partial charge in [0, 0.05) is 19.3 Å². The number of morpholine rings is 1. The number of thiocarbonyl (C=S) groups is 1. The average molecular weight is 271 g/mol. The molecule has 0 aliphatic carbocycles. The predicted octanol–water partition coefficient (Wildman–Crippen LogP) is 1.19. The first-order valence-corrected chi connectivity index (χ1v) is 8.31. The number of quaternary nitrogens is 1. The van der Waals surface area contributed by atoms with Crippen molar-refractivity contribution in [1.29, 1.82) is 0 Å². The zero-order chi connectivity index (χ0) is 11.5. The Hall–Kier alpha value is 0.350. The molecule has 1 rings (SSSR count). The van der Waals surface area contributed by atoms with Gasteiger partial charge in [0.05, 0.1) is 13.2 Å². The Balaban J connectivity index is 3.09. The van der Waals surface area contributed by atoms with E-state index in [1.54, 1.807) is 6.26 Å². The van der Waals surface area contributed by atoms with Crippen LogP contribution >= 0.6 is 30.3 Å². The SMILES string of the molecule is COP(=O)(SC)[N+]1(C(N)=S)CCOCC1. The minimum Gasteiger partial charge on any atom is -0.370 e. The maximum absolute atomic E-state index is 12.6. The quantitative estimate of drug-likeness (QED) is 0.614. The lowest BCUT2D eigenvalue weighted by molar-refractivity contribution is -0.731. The van der Waals surface area contributed by atoms with Crippen LogP contribution in [0.1, 0.15) is 0 Å². The van der Waals surface area contributed by atoms with Crippen LogP contribution in [0.5, 0.6) is 0 Å². The predicted molar refractivity (Wildman–Crippen MR) is 65.7 cm³/mol. The summed E-state index contributed by atoms with van der Waals surface area (Å²) in [6.45, 7) is -0.895. The molecule has 0 aromatic carbocycles. The van der Waals surface area contributed by atoms with Crippen LogP contribution in [0.2, 0.25) is 0 Å². The first-order chi connectivity index (χ1) is 7.02. The molecule has 8 heteroatoms. The van der Waals surface area contributed by atoms with Crippen LogP contribution in [0.4, 0.5) is 0 Å². The Kier molecular flexibility index (Phi) is 4.58. The van der Waals surface area contributed by atoms with Crippen molar-refractivity contribution in [2.75, 3.05) is 39.7 Å². The number of hydrogen-bond acceptors (Lipinski definition) is 5. The summed E-state index contributed by atoms with van der Waals surface area (Å²) < 4.78 is 23.0. The summed E-state index contributed by atoms with van der Waals surface area (Å²) in [6.07, 6.45) is 1.75. The highest BCUT2D eigenvalue weighted by Gasteiger charge is 2.52. The molecule has 0 radical (unpaired) electrons. The van der Waals surface area contributed by atoms with Gasteiger partial charge in [-0.3, -0.25) is 4.52 Å². The molecule has 1 aliphatic heterocycles. The fraction of sp³-hybridized carbons (Fsp3) is 0.857. The van der Waals surface area contributed by atoms with Gasteiger partial charge < -0.3 is 10.5 Å². The summed E-state index contributed by atoms with van der Waals surface area (Å²) in [4.78, 5) is 0. The smallest absolute Gasteiger partial charge is 0.370 e. The van der Waals surface area contributed by atoms with Gasteiger partial charge in [-0.2, -0.15) is 4.25 Å². The molecule has 88 valence electrons. The van der Waals surface area contributed by atoms with E-state index in [0.717, 1.165) is 0 Å². The summed E-state index contributed by atoms with van der Waals surface area (Å²) in [5.74, 6) is 0. The van der Waals surface area contributed by atoms with Gasteiger partial charge in [0.25, 0.3) is 5.11 Å². The lowest BCUT2D eigenvalue weighted by Gasteiger charge is -2.41. The molecule has 0 amide bonds. The van der Waals surface area contributed by atoms with Gasteiger partial charge in [0.15, 0.2) is 0 Å². The lowest BCUT2D eigenvalue weighted by Crippen LogP contribution is -2.57. The number of nitrogens with zero attached hydrogens (tertiary/aromatic N) is 1. The summed E-state index contributed by atoms with van der Waals surface area (Å²) in [7, 11) is 1.44. The third-order valence-corrected chi connectivity index (χ3v) is 8.28. The van der Waals surface area contributed by atoms with E-state index in [9.17, 15) is 4.57 Å². The minimum absolute atomic E-state index is 0.0556. The van der Waals surface area contributed by atoms with Crippen LogP contribution in [-0.4, -0.2) is 49.0 Å². The van der Waals surface area contributed by atoms with Gasteiger partial charge in [0.2, 0.25) is 0 Å². The molecule has 0 saturated carbocycles. The molecule has 5 nitrogen and oxygen atoms in total. The maximum atomic E-state index is 12.6. The molecule has 1 aliphatic rings. The van der Waals surface area contributed by atoms with Gasteiger partial charge in [0.1, 0.15) is 13.1 Å². The van der Waals surface area contributed by atoms with Crippen molar-refractivity contribution in [3.05, 3.63) is 0 Å². The van der Waals surface area contributed by atoms with Gasteiger partial charge in [-0.05, 0) is 17.6 Å². The molecule has 1 saturated heterocycles. The standard InChI is InChI=1S/C7H15N2O3PS2/c1-11-13(10,15-2)9(7(8)14)3-5-12-6-4-9/h3-6H2,1-2H3,(H-,8,14)/p+1. The van der Waals surface area contributed by atoms with E-state index in [4.69, 9.17) is 27.2 Å². The minimum atomic E-state index is -2.94. The maximum Gasteiger partial charge on any atom is 0.448 e. The molecule has 1 atom stereocenters. The fourth-order valence-electron chi connectivity index (χ4n) is 1.62. The summed E-state index contributed by atoms with van der Waals surface area (Å²) in [6, 6.07) is 0. The van der Waals surface area contributed by atoms with Crippen LogP contribution < -0.4 is 5.73 Å². The molecular weight excluding hydrogens is 255 g/mol. The molecule has 1 heterocycles. The number of nitrogens with two attached hydrogens (primary N) is 1. The van der Waals surface area contributed by atoms with Crippen molar-refractivity contribution < 1.29 is 18.1 Å². The van der Waals surface area contributed by atoms with Gasteiger partial charge in [-0.15, -0.1) is 0 Å². The van der Waals surface area contributed by atoms with E-state index in [1.165, 1.54) is 18.5 Å². The van der Waals surface area contributed by atoms with Crippen molar-refractivity contribution in [2.45, 2.75) is 0 Å². The van der Waals surface area contributed by atoms with Crippen molar-refractivity contribution in [3.63, 3.8) is 0 Å². The third-order valence-electron chi connectivity index (χ3n) is 2.55. The van der Waals surface area contributed by atoms with E-state index in [1.807, 2.05) is 0 Å². The van der Waals surface area contributed by atoms with E-state index in [-0.39, 0.29) is 9.37 Å². The second kappa shape index (κ2) is 5.12. The Morgan fingerprint density at radius 3 is 2.47 bits per heavy atom. The highest BCUT2D eigenvalue weighted by molar-refractivity contribution is 8.54. The van der Waals surface area contributed by atoms with Crippen LogP contribution in [0.3, 0.4) is 0 Å². The van der Waals surface area contributed by atoms with Crippen LogP contribution in [-0.2, 0) is 13.8 Å². The summed E-state index contributed by atoms with van der Waals surface area (Å²) in [5, 5.41) is 0.220. The molecule has 1 fully saturated rings. The third kappa shape index (κ3) is 2.23. The van der Waals surface area contributed by atoms with Crippen molar-refractivity contribution in [1.82, 2.24) is 0 Å². The number of hydrogen-bond donors (Lipinski definition) is 1. The van der Waals surface area contributed by atoms with Crippen molar-refractivity contribution in [2.24, 2.45) is 5.73 Å². The Labute approximate surface area is 99.1 Å². The average Bonchev–Trinajstić information content (AvgIpc) is 2.28. The highest BCUT2D eigenvalue weighted by Crippen LogP contribution is 2.65. The monoisotopic (exact) mass is 271 g/mol. The molecule has 2 N–H and O–H groups in total. The zero-order valence-corrected chi connectivity index (χ0v) is 11.4. The Morgan fingerprint density at radius 1 is 1.60 bits per heavy atom. The molecule has 1 unspecified atom stereocenters. The van der Waals surface area contributed by atoms with Gasteiger partial charge >= 0.3 is 6.72 Å². The van der Waals surface area contributed by atoms with E-state index in [0.29, 0.717) is 26.3 Å². The Morgan fingerprint density at radius 2 is 2.13 bits per heavy atom. The molecule has 0 aromatic heterocycles. The van der Waals surface area contributed by atoms with Crippen molar-refractivity contribution in [3.8, 4) is 0 Å². The van der Waals surface area contributed by atoms with E-state index < -0.39 is 6.72 Å². The molecular formula is C7H16N2O3PS2+. The normalized spacial score (nSPS) is 24.4. The second-order valence-corrected chi connectivity index (χ2v) is 8.49. The molecule has 15 heavy (non-hydrogen) atoms. The second-order valence-electron chi connectivity index (χ2n) is 3.15. The largest absolute Gasteiger partial charge is 0.448 e. The van der Waals surface area contributed by atoms with E-state index in [2.05, 4.69) is 0 Å². The number of ether oxygens (including phenoxy) is 1. The highest BCUT2D eigenvalue weighted by atomic mass is 32.7. The Bertz CT molecular complexity index is 286. The van der Waals surface area contributed by atoms with Crippen LogP contribution in [0.15, 0.2) is 0 Å². The summed E-state index contributed by atoms with van der Waals surface area (Å²) in [5.41, 5.74) is 5.72. The van der Waals surface area contributed by atoms with Crippen LogP contribution in [0.25, 0.3) is 0 Å². The van der Waals surface area contributed by atoms with Crippen molar-refractivity contribution >= 4 is 35.4 Å². The van der Waals surface area contributed by atoms with Crippen LogP contribution in [0, 0.1) is 0 Å². The molecule has 0 bridgehead atoms. The molecule has 0 aromatic rings. The topological polar surface area (TPSA) is 61.5 Å². The van der Waals surface area contributed by atoms with Gasteiger partial charge in [-0.25, -0.2) is 4.57 Å². The molecule has 0 spiro atoms. The first-order valence-electron chi connectivity index (χ1n) is 4.49. The lowest BCUT2D eigenvalue weighted by atomic mass is 10.4. The van der Waals surface area contributed by atoms with Gasteiger partial charge in [-0.1, -0.05) is 0 Å². The summed E-state index contributed by atoms with van der Waals surface area (Å²) >= 11 is 6.23.